The molecule has 1 aromatic carbocycles. The first-order valence-electron chi connectivity index (χ1n) is 4.46. The first-order chi connectivity index (χ1) is 7.47. The van der Waals surface area contributed by atoms with Crippen molar-refractivity contribution in [3.05, 3.63) is 39.2 Å². The van der Waals surface area contributed by atoms with Crippen LogP contribution >= 0.6 is 0 Å². The maximum atomic E-state index is 13.2. The molecule has 5 nitrogen and oxygen atoms in total. The average Bonchev–Trinajstić information content (AvgIpc) is 2.24. The van der Waals surface area contributed by atoms with Gasteiger partial charge in [0.15, 0.2) is 0 Å². The van der Waals surface area contributed by atoms with Crippen LogP contribution in [0.25, 0.3) is 0 Å². The van der Waals surface area contributed by atoms with E-state index in [1.54, 1.807) is 0 Å². The molecule has 0 spiro atoms. The number of hydrogen-bond acceptors (Lipinski definition) is 4. The molecule has 0 saturated carbocycles. The van der Waals surface area contributed by atoms with Crippen LogP contribution in [0.1, 0.15) is 11.1 Å². The van der Waals surface area contributed by atoms with Gasteiger partial charge in [0, 0.05) is 11.6 Å². The predicted molar refractivity (Wildman–Crippen MR) is 53.5 cm³/mol. The van der Waals surface area contributed by atoms with E-state index < -0.39 is 16.7 Å². The van der Waals surface area contributed by atoms with Crippen molar-refractivity contribution in [2.45, 2.75) is 13.3 Å². The Morgan fingerprint density at radius 3 is 2.69 bits per heavy atom. The van der Waals surface area contributed by atoms with Gasteiger partial charge in [-0.05, 0) is 18.6 Å². The van der Waals surface area contributed by atoms with Gasteiger partial charge in [-0.15, -0.1) is 0 Å². The number of nitro groups is 1. The minimum Gasteiger partial charge on any atom is -0.469 e. The van der Waals surface area contributed by atoms with Crippen molar-refractivity contribution in [3.8, 4) is 0 Å². The van der Waals surface area contributed by atoms with Gasteiger partial charge in [0.1, 0.15) is 5.82 Å². The molecule has 1 aromatic rings. The molecule has 0 amide bonds. The molecule has 0 heterocycles. The summed E-state index contributed by atoms with van der Waals surface area (Å²) in [5, 5.41) is 10.7. The third kappa shape index (κ3) is 2.33. The zero-order valence-corrected chi connectivity index (χ0v) is 8.82. The summed E-state index contributed by atoms with van der Waals surface area (Å²) < 4.78 is 17.6. The van der Waals surface area contributed by atoms with Gasteiger partial charge >= 0.3 is 5.97 Å². The van der Waals surface area contributed by atoms with Gasteiger partial charge < -0.3 is 4.74 Å². The Balaban J connectivity index is 3.26. The fourth-order valence-corrected chi connectivity index (χ4v) is 1.32. The highest BCUT2D eigenvalue weighted by Crippen LogP contribution is 2.24. The van der Waals surface area contributed by atoms with Crippen LogP contribution < -0.4 is 0 Å². The van der Waals surface area contributed by atoms with Crippen molar-refractivity contribution < 1.29 is 18.8 Å². The second-order valence-corrected chi connectivity index (χ2v) is 3.18. The normalized spacial score (nSPS) is 9.94. The third-order valence-electron chi connectivity index (χ3n) is 2.25. The summed E-state index contributed by atoms with van der Waals surface area (Å²) >= 11 is 0. The second-order valence-electron chi connectivity index (χ2n) is 3.18. The van der Waals surface area contributed by atoms with Crippen LogP contribution in [0.5, 0.6) is 0 Å². The van der Waals surface area contributed by atoms with Crippen LogP contribution in [-0.4, -0.2) is 18.0 Å². The fraction of sp³-hybridized carbons (Fsp3) is 0.300. The lowest BCUT2D eigenvalue weighted by molar-refractivity contribution is -0.385. The Labute approximate surface area is 91.0 Å². The molecular weight excluding hydrogens is 217 g/mol. The Hall–Kier alpha value is -1.98. The molecule has 86 valence electrons. The quantitative estimate of drug-likeness (QED) is 0.448. The molecular formula is C10H10FNO4. The van der Waals surface area contributed by atoms with Crippen LogP contribution in [0.3, 0.4) is 0 Å². The van der Waals surface area contributed by atoms with Gasteiger partial charge in [-0.25, -0.2) is 4.39 Å². The number of nitrogens with zero attached hydrogens (tertiary/aromatic N) is 1. The van der Waals surface area contributed by atoms with E-state index in [2.05, 4.69) is 4.74 Å². The van der Waals surface area contributed by atoms with E-state index in [0.29, 0.717) is 0 Å². The van der Waals surface area contributed by atoms with E-state index in [0.717, 1.165) is 12.1 Å². The van der Waals surface area contributed by atoms with E-state index >= 15 is 0 Å². The topological polar surface area (TPSA) is 69.4 Å². The molecule has 0 fully saturated rings. The van der Waals surface area contributed by atoms with E-state index in [-0.39, 0.29) is 23.2 Å². The molecule has 0 aromatic heterocycles. The van der Waals surface area contributed by atoms with E-state index in [9.17, 15) is 19.3 Å². The summed E-state index contributed by atoms with van der Waals surface area (Å²) in [7, 11) is 1.17. The molecule has 6 heteroatoms. The number of carbonyl (C=O) groups is 1. The van der Waals surface area contributed by atoms with Gasteiger partial charge in [-0.3, -0.25) is 14.9 Å². The van der Waals surface area contributed by atoms with Crippen LogP contribution in [0.15, 0.2) is 12.1 Å². The van der Waals surface area contributed by atoms with E-state index in [1.807, 2.05) is 0 Å². The number of esters is 1. The summed E-state index contributed by atoms with van der Waals surface area (Å²) in [5.41, 5.74) is -0.124. The zero-order valence-electron chi connectivity index (χ0n) is 8.82. The number of ether oxygens (including phenoxy) is 1. The van der Waals surface area contributed by atoms with Crippen LogP contribution in [-0.2, 0) is 16.0 Å². The Morgan fingerprint density at radius 2 is 2.19 bits per heavy atom. The number of carbonyl (C=O) groups excluding carboxylic acids is 1. The standard InChI is InChI=1S/C10H10FNO4/c1-6-7(5-10(13)16-2)9(12(14)15)4-3-8(6)11/h3-4H,5H2,1-2H3. The minimum absolute atomic E-state index is 0.0526. The van der Waals surface area contributed by atoms with Crippen LogP contribution in [0, 0.1) is 22.9 Å². The molecule has 0 aliphatic rings. The lowest BCUT2D eigenvalue weighted by Gasteiger charge is -2.06. The summed E-state index contributed by atoms with van der Waals surface area (Å²) in [6.07, 6.45) is -0.309. The molecule has 0 N–H and O–H groups in total. The highest BCUT2D eigenvalue weighted by atomic mass is 19.1. The van der Waals surface area contributed by atoms with Crippen molar-refractivity contribution in [1.29, 1.82) is 0 Å². The number of rotatable bonds is 3. The number of benzene rings is 1. The third-order valence-corrected chi connectivity index (χ3v) is 2.25. The summed E-state index contributed by atoms with van der Waals surface area (Å²) in [4.78, 5) is 21.1. The summed E-state index contributed by atoms with van der Waals surface area (Å²) in [6.45, 7) is 1.39. The smallest absolute Gasteiger partial charge is 0.310 e. The number of methoxy groups -OCH3 is 1. The lowest BCUT2D eigenvalue weighted by Crippen LogP contribution is -2.09. The van der Waals surface area contributed by atoms with Crippen LogP contribution in [0.2, 0.25) is 0 Å². The number of halogens is 1. The maximum absolute atomic E-state index is 13.2. The molecule has 16 heavy (non-hydrogen) atoms. The van der Waals surface area contributed by atoms with Crippen molar-refractivity contribution >= 4 is 11.7 Å². The predicted octanol–water partition coefficient (Wildman–Crippen LogP) is 1.76. The monoisotopic (exact) mass is 227 g/mol. The van der Waals surface area contributed by atoms with Gasteiger partial charge in [0.05, 0.1) is 18.5 Å². The van der Waals surface area contributed by atoms with E-state index in [1.165, 1.54) is 14.0 Å². The second kappa shape index (κ2) is 4.69. The van der Waals surface area contributed by atoms with Crippen LogP contribution in [0.4, 0.5) is 10.1 Å². The zero-order chi connectivity index (χ0) is 12.3. The van der Waals surface area contributed by atoms with Crippen molar-refractivity contribution in [2.24, 2.45) is 0 Å². The first-order valence-corrected chi connectivity index (χ1v) is 4.46. The Bertz CT molecular complexity index is 445. The average molecular weight is 227 g/mol. The highest BCUT2D eigenvalue weighted by Gasteiger charge is 2.21. The van der Waals surface area contributed by atoms with Crippen molar-refractivity contribution in [3.63, 3.8) is 0 Å². The van der Waals surface area contributed by atoms with Gasteiger partial charge in [-0.2, -0.15) is 0 Å². The first kappa shape index (κ1) is 12.1. The SMILES string of the molecule is COC(=O)Cc1c([N+](=O)[O-])ccc(F)c1C. The Kier molecular flexibility index (Phi) is 3.55. The molecule has 0 atom stereocenters. The molecule has 0 saturated heterocycles. The number of nitro benzene ring substituents is 1. The molecule has 0 aliphatic carbocycles. The fourth-order valence-electron chi connectivity index (χ4n) is 1.32. The maximum Gasteiger partial charge on any atom is 0.310 e. The highest BCUT2D eigenvalue weighted by molar-refractivity contribution is 5.74. The van der Waals surface area contributed by atoms with E-state index in [4.69, 9.17) is 0 Å². The molecule has 1 rings (SSSR count). The van der Waals surface area contributed by atoms with Crippen molar-refractivity contribution in [2.75, 3.05) is 7.11 Å². The summed E-state index contributed by atoms with van der Waals surface area (Å²) in [6, 6.07) is 2.05. The Morgan fingerprint density at radius 1 is 1.56 bits per heavy atom. The van der Waals surface area contributed by atoms with Gasteiger partial charge in [0.2, 0.25) is 0 Å². The largest absolute Gasteiger partial charge is 0.469 e. The van der Waals surface area contributed by atoms with Crippen molar-refractivity contribution in [1.82, 2.24) is 0 Å². The molecule has 0 unspecified atom stereocenters. The molecule has 0 bridgehead atoms. The number of hydrogen-bond donors (Lipinski definition) is 0. The lowest BCUT2D eigenvalue weighted by atomic mass is 10.0. The molecule has 0 aliphatic heterocycles. The summed E-state index contributed by atoms with van der Waals surface area (Å²) in [5.74, 6) is -1.22. The van der Waals surface area contributed by atoms with Gasteiger partial charge in [0.25, 0.3) is 5.69 Å². The molecule has 0 radical (unpaired) electrons. The minimum atomic E-state index is -0.648. The van der Waals surface area contributed by atoms with Gasteiger partial charge in [-0.1, -0.05) is 0 Å².